The monoisotopic (exact) mass is 247 g/mol. The van der Waals surface area contributed by atoms with E-state index >= 15 is 0 Å². The molecule has 0 saturated heterocycles. The Kier molecular flexibility index (Phi) is 4.09. The highest BCUT2D eigenvalue weighted by molar-refractivity contribution is 9.11. The Hall–Kier alpha value is -0.0200. The van der Waals surface area contributed by atoms with Crippen molar-refractivity contribution in [3.63, 3.8) is 0 Å². The molecule has 0 atom stereocenters. The molecule has 0 bridgehead atoms. The Morgan fingerprint density at radius 1 is 1.50 bits per heavy atom. The molecule has 12 heavy (non-hydrogen) atoms. The number of rotatable bonds is 4. The quantitative estimate of drug-likeness (QED) is 0.805. The molecular formula is C9H14BrNS. The Balaban J connectivity index is 2.42. The zero-order chi connectivity index (χ0) is 8.97. The Labute approximate surface area is 86.1 Å². The summed E-state index contributed by atoms with van der Waals surface area (Å²) in [4.78, 5) is 1.40. The van der Waals surface area contributed by atoms with Crippen molar-refractivity contribution in [2.24, 2.45) is 0 Å². The molecule has 1 aromatic rings. The van der Waals surface area contributed by atoms with Crippen molar-refractivity contribution >= 4 is 33.0 Å². The third-order valence-corrected chi connectivity index (χ3v) is 3.73. The fourth-order valence-electron chi connectivity index (χ4n) is 1.11. The van der Waals surface area contributed by atoms with Gasteiger partial charge < -0.3 is 5.73 Å². The molecule has 68 valence electrons. The molecule has 1 aromatic heterocycles. The minimum Gasteiger partial charge on any atom is -0.397 e. The lowest BCUT2D eigenvalue weighted by atomic mass is 10.2. The van der Waals surface area contributed by atoms with Crippen molar-refractivity contribution < 1.29 is 0 Å². The number of hydrogen-bond acceptors (Lipinski definition) is 2. The molecule has 0 saturated carbocycles. The maximum Gasteiger partial charge on any atom is 0.0930 e. The van der Waals surface area contributed by atoms with E-state index in [1.54, 1.807) is 11.3 Å². The van der Waals surface area contributed by atoms with Gasteiger partial charge in [0.05, 0.1) is 9.47 Å². The van der Waals surface area contributed by atoms with Crippen LogP contribution in [-0.4, -0.2) is 0 Å². The second-order valence-corrected chi connectivity index (χ2v) is 5.35. The molecule has 0 aromatic carbocycles. The lowest BCUT2D eigenvalue weighted by molar-refractivity contribution is 0.723. The largest absolute Gasteiger partial charge is 0.397 e. The van der Waals surface area contributed by atoms with Crippen LogP contribution in [0.25, 0.3) is 0 Å². The minimum atomic E-state index is 0.881. The molecule has 1 heterocycles. The first-order valence-corrected chi connectivity index (χ1v) is 5.88. The molecule has 0 unspecified atom stereocenters. The normalized spacial score (nSPS) is 10.5. The van der Waals surface area contributed by atoms with Crippen molar-refractivity contribution in [1.82, 2.24) is 0 Å². The zero-order valence-electron chi connectivity index (χ0n) is 7.27. The maximum atomic E-state index is 5.71. The van der Waals surface area contributed by atoms with Gasteiger partial charge in [0.25, 0.3) is 0 Å². The van der Waals surface area contributed by atoms with Gasteiger partial charge in [-0.25, -0.2) is 0 Å². The van der Waals surface area contributed by atoms with Crippen LogP contribution in [-0.2, 0) is 6.42 Å². The van der Waals surface area contributed by atoms with Crippen LogP contribution in [0.2, 0.25) is 0 Å². The third-order valence-electron chi connectivity index (χ3n) is 1.79. The van der Waals surface area contributed by atoms with E-state index in [-0.39, 0.29) is 0 Å². The van der Waals surface area contributed by atoms with E-state index < -0.39 is 0 Å². The molecule has 1 rings (SSSR count). The van der Waals surface area contributed by atoms with Crippen molar-refractivity contribution in [3.05, 3.63) is 14.7 Å². The van der Waals surface area contributed by atoms with Crippen LogP contribution in [0.5, 0.6) is 0 Å². The van der Waals surface area contributed by atoms with E-state index in [1.165, 1.54) is 30.6 Å². The SMILES string of the molecule is CCCCCc1cc(N)c(Br)s1. The predicted molar refractivity (Wildman–Crippen MR) is 59.7 cm³/mol. The molecule has 1 nitrogen and oxygen atoms in total. The summed E-state index contributed by atoms with van der Waals surface area (Å²) in [5.74, 6) is 0. The van der Waals surface area contributed by atoms with Crippen molar-refractivity contribution in [1.29, 1.82) is 0 Å². The lowest BCUT2D eigenvalue weighted by Crippen LogP contribution is -1.81. The number of halogens is 1. The van der Waals surface area contributed by atoms with Crippen LogP contribution in [0.1, 0.15) is 31.1 Å². The summed E-state index contributed by atoms with van der Waals surface area (Å²) in [6.45, 7) is 2.22. The molecule has 0 amide bonds. The second-order valence-electron chi connectivity index (χ2n) is 2.90. The standard InChI is InChI=1S/C9H14BrNS/c1-2-3-4-5-7-6-8(11)9(10)12-7/h6H,2-5,11H2,1H3. The topological polar surface area (TPSA) is 26.0 Å². The van der Waals surface area contributed by atoms with Crippen LogP contribution in [0.4, 0.5) is 5.69 Å². The van der Waals surface area contributed by atoms with Crippen LogP contribution in [0, 0.1) is 0 Å². The number of nitrogen functional groups attached to an aromatic ring is 1. The highest BCUT2D eigenvalue weighted by atomic mass is 79.9. The molecule has 0 aliphatic carbocycles. The van der Waals surface area contributed by atoms with Crippen molar-refractivity contribution in [3.8, 4) is 0 Å². The Bertz CT molecular complexity index is 225. The van der Waals surface area contributed by atoms with Gasteiger partial charge in [0.1, 0.15) is 0 Å². The van der Waals surface area contributed by atoms with Crippen LogP contribution in [0.15, 0.2) is 9.85 Å². The van der Waals surface area contributed by atoms with Gasteiger partial charge in [-0.15, -0.1) is 11.3 Å². The third kappa shape index (κ3) is 2.79. The average molecular weight is 248 g/mol. The predicted octanol–water partition coefficient (Wildman–Crippen LogP) is 3.83. The summed E-state index contributed by atoms with van der Waals surface area (Å²) in [7, 11) is 0. The molecule has 0 aliphatic rings. The summed E-state index contributed by atoms with van der Waals surface area (Å²) in [5, 5.41) is 0. The summed E-state index contributed by atoms with van der Waals surface area (Å²) in [6.07, 6.45) is 5.05. The first-order valence-electron chi connectivity index (χ1n) is 4.27. The second kappa shape index (κ2) is 4.87. The van der Waals surface area contributed by atoms with E-state index in [2.05, 4.69) is 28.9 Å². The van der Waals surface area contributed by atoms with E-state index in [9.17, 15) is 0 Å². The number of aryl methyl sites for hydroxylation is 1. The average Bonchev–Trinajstić information content (AvgIpc) is 2.32. The van der Waals surface area contributed by atoms with Crippen LogP contribution in [0.3, 0.4) is 0 Å². The highest BCUT2D eigenvalue weighted by Gasteiger charge is 2.02. The van der Waals surface area contributed by atoms with Gasteiger partial charge in [-0.2, -0.15) is 0 Å². The van der Waals surface area contributed by atoms with Crippen molar-refractivity contribution in [2.45, 2.75) is 32.6 Å². The van der Waals surface area contributed by atoms with Gasteiger partial charge in [-0.1, -0.05) is 19.8 Å². The van der Waals surface area contributed by atoms with Crippen LogP contribution >= 0.6 is 27.3 Å². The first kappa shape index (κ1) is 10.1. The van der Waals surface area contributed by atoms with Gasteiger partial charge in [-0.3, -0.25) is 0 Å². The molecule has 0 fully saturated rings. The number of anilines is 1. The van der Waals surface area contributed by atoms with E-state index in [0.717, 1.165) is 9.47 Å². The lowest BCUT2D eigenvalue weighted by Gasteiger charge is -1.93. The summed E-state index contributed by atoms with van der Waals surface area (Å²) < 4.78 is 1.08. The van der Waals surface area contributed by atoms with Crippen LogP contribution < -0.4 is 5.73 Å². The van der Waals surface area contributed by atoms with Gasteiger partial charge in [0.15, 0.2) is 0 Å². The van der Waals surface area contributed by atoms with Gasteiger partial charge in [-0.05, 0) is 34.8 Å². The van der Waals surface area contributed by atoms with E-state index in [0.29, 0.717) is 0 Å². The molecular weight excluding hydrogens is 234 g/mol. The molecule has 3 heteroatoms. The number of hydrogen-bond donors (Lipinski definition) is 1. The molecule has 0 aliphatic heterocycles. The molecule has 0 spiro atoms. The number of nitrogens with two attached hydrogens (primary N) is 1. The summed E-state index contributed by atoms with van der Waals surface area (Å²) >= 11 is 5.17. The smallest absolute Gasteiger partial charge is 0.0930 e. The molecule has 0 radical (unpaired) electrons. The summed E-state index contributed by atoms with van der Waals surface area (Å²) in [6, 6.07) is 2.07. The molecule has 2 N–H and O–H groups in total. The Morgan fingerprint density at radius 2 is 2.25 bits per heavy atom. The minimum absolute atomic E-state index is 0.881. The van der Waals surface area contributed by atoms with Gasteiger partial charge in [0.2, 0.25) is 0 Å². The summed E-state index contributed by atoms with van der Waals surface area (Å²) in [5.41, 5.74) is 6.59. The number of thiophene rings is 1. The zero-order valence-corrected chi connectivity index (χ0v) is 9.67. The van der Waals surface area contributed by atoms with Gasteiger partial charge in [0, 0.05) is 4.88 Å². The van der Waals surface area contributed by atoms with Gasteiger partial charge >= 0.3 is 0 Å². The fourth-order valence-corrected chi connectivity index (χ4v) is 2.68. The number of unbranched alkanes of at least 4 members (excludes halogenated alkanes) is 2. The van der Waals surface area contributed by atoms with E-state index in [4.69, 9.17) is 5.73 Å². The maximum absolute atomic E-state index is 5.71. The van der Waals surface area contributed by atoms with E-state index in [1.807, 2.05) is 0 Å². The first-order chi connectivity index (χ1) is 5.74. The highest BCUT2D eigenvalue weighted by Crippen LogP contribution is 2.30. The Morgan fingerprint density at radius 3 is 2.75 bits per heavy atom. The fraction of sp³-hybridized carbons (Fsp3) is 0.556. The van der Waals surface area contributed by atoms with Crippen molar-refractivity contribution in [2.75, 3.05) is 5.73 Å².